The first-order valence-electron chi connectivity index (χ1n) is 17.8. The summed E-state index contributed by atoms with van der Waals surface area (Å²) < 4.78 is 39.6. The van der Waals surface area contributed by atoms with Crippen LogP contribution in [-0.2, 0) is 35.0 Å². The van der Waals surface area contributed by atoms with Crippen molar-refractivity contribution >= 4 is 34.8 Å². The molecule has 11 nitrogen and oxygen atoms in total. The lowest BCUT2D eigenvalue weighted by atomic mass is 9.74. The van der Waals surface area contributed by atoms with Gasteiger partial charge in [-0.05, 0) is 113 Å². The van der Waals surface area contributed by atoms with Crippen molar-refractivity contribution in [3.8, 4) is 0 Å². The second kappa shape index (κ2) is 16.5. The van der Waals surface area contributed by atoms with E-state index in [1.807, 2.05) is 11.0 Å². The number of alkyl halides is 1. The van der Waals surface area contributed by atoms with Gasteiger partial charge in [0, 0.05) is 44.3 Å². The van der Waals surface area contributed by atoms with Crippen molar-refractivity contribution < 1.29 is 46.9 Å². The highest BCUT2D eigenvalue weighted by Gasteiger charge is 2.47. The van der Waals surface area contributed by atoms with Crippen molar-refractivity contribution in [1.29, 1.82) is 0 Å². The van der Waals surface area contributed by atoms with Crippen LogP contribution in [0, 0.1) is 23.7 Å². The molecule has 1 amide bonds. The van der Waals surface area contributed by atoms with Crippen LogP contribution in [0.2, 0.25) is 0 Å². The number of nitrogens with zero attached hydrogens (tertiary/aromatic N) is 1. The van der Waals surface area contributed by atoms with E-state index in [1.165, 1.54) is 13.0 Å². The number of amides is 1. The number of nitrogens with two attached hydrogens (primary N) is 1. The Balaban J connectivity index is 1.28. The molecule has 2 heterocycles. The zero-order valence-electron chi connectivity index (χ0n) is 29.1. The topological polar surface area (TPSA) is 148 Å². The number of likely N-dealkylation sites (tertiary alicyclic amines) is 1. The van der Waals surface area contributed by atoms with Crippen molar-refractivity contribution in [3.63, 3.8) is 0 Å². The monoisotopic (exact) mass is 686 g/mol. The maximum atomic E-state index is 14.3. The molecule has 0 bridgehead atoms. The highest BCUT2D eigenvalue weighted by Crippen LogP contribution is 2.42. The Hall–Kier alpha value is -3.51. The molecule has 49 heavy (non-hydrogen) atoms. The van der Waals surface area contributed by atoms with E-state index in [-0.39, 0.29) is 53.8 Å². The number of hydrogen-bond donors (Lipinski definition) is 1. The number of rotatable bonds is 12. The number of methoxy groups -OCH3 is 1. The van der Waals surface area contributed by atoms with Crippen LogP contribution in [0.3, 0.4) is 0 Å². The Bertz CT molecular complexity index is 1460. The molecule has 3 aliphatic rings. The summed E-state index contributed by atoms with van der Waals surface area (Å²) in [4.78, 5) is 54.6. The lowest BCUT2D eigenvalue weighted by Crippen LogP contribution is -2.48. The molecule has 1 aromatic carbocycles. The number of carbonyl (C=O) groups is 4. The first-order valence-corrected chi connectivity index (χ1v) is 17.8. The maximum absolute atomic E-state index is 14.3. The van der Waals surface area contributed by atoms with Crippen molar-refractivity contribution in [1.82, 2.24) is 4.90 Å². The lowest BCUT2D eigenvalue weighted by Gasteiger charge is -2.37. The van der Waals surface area contributed by atoms with E-state index in [0.717, 1.165) is 50.5 Å². The van der Waals surface area contributed by atoms with Gasteiger partial charge in [-0.15, -0.1) is 0 Å². The lowest BCUT2D eigenvalue weighted by molar-refractivity contribution is -0.143. The van der Waals surface area contributed by atoms with Gasteiger partial charge >= 0.3 is 12.1 Å². The number of furan rings is 1. The molecule has 1 unspecified atom stereocenters. The Morgan fingerprint density at radius 3 is 2.31 bits per heavy atom. The Labute approximate surface area is 287 Å². The summed E-state index contributed by atoms with van der Waals surface area (Å²) in [6, 6.07) is 5.83. The molecule has 5 rings (SSSR count). The zero-order valence-corrected chi connectivity index (χ0v) is 29.1. The van der Waals surface area contributed by atoms with Crippen LogP contribution in [0.4, 0.5) is 9.18 Å². The average molecular weight is 687 g/mol. The van der Waals surface area contributed by atoms with Gasteiger partial charge in [0.25, 0.3) is 0 Å². The molecule has 12 heteroatoms. The predicted molar refractivity (Wildman–Crippen MR) is 178 cm³/mol. The van der Waals surface area contributed by atoms with Gasteiger partial charge < -0.3 is 34.0 Å². The Morgan fingerprint density at radius 2 is 1.65 bits per heavy atom. The summed E-state index contributed by atoms with van der Waals surface area (Å²) >= 11 is 0. The minimum absolute atomic E-state index is 0.000382. The third-order valence-electron chi connectivity index (χ3n) is 10.6. The fourth-order valence-electron chi connectivity index (χ4n) is 8.07. The molecule has 2 saturated carbocycles. The number of ketones is 1. The first-order chi connectivity index (χ1) is 23.5. The highest BCUT2D eigenvalue weighted by atomic mass is 19.1. The molecular weight excluding hydrogens is 635 g/mol. The predicted octanol–water partition coefficient (Wildman–Crippen LogP) is 6.13. The van der Waals surface area contributed by atoms with Crippen molar-refractivity contribution in [2.45, 2.75) is 116 Å². The fourth-order valence-corrected chi connectivity index (χ4v) is 8.07. The third kappa shape index (κ3) is 9.00. The van der Waals surface area contributed by atoms with E-state index in [0.29, 0.717) is 36.3 Å². The molecule has 1 aromatic heterocycles. The molecule has 2 aromatic rings. The number of carbonyl (C=O) groups excluding carboxylic acids is 4. The van der Waals surface area contributed by atoms with Crippen LogP contribution in [-0.4, -0.2) is 79.6 Å². The van der Waals surface area contributed by atoms with Crippen molar-refractivity contribution in [3.05, 3.63) is 35.6 Å². The third-order valence-corrected chi connectivity index (χ3v) is 10.6. The van der Waals surface area contributed by atoms with E-state index >= 15 is 0 Å². The molecule has 0 radical (unpaired) electrons. The smallest absolute Gasteiger partial charge is 0.449 e. The van der Waals surface area contributed by atoms with E-state index < -0.39 is 37.2 Å². The van der Waals surface area contributed by atoms with E-state index in [2.05, 4.69) is 0 Å². The summed E-state index contributed by atoms with van der Waals surface area (Å²) in [6.07, 6.45) is 5.18. The average Bonchev–Trinajstić information content (AvgIpc) is 3.72. The fraction of sp³-hybridized carbons (Fsp3) is 0.676. The van der Waals surface area contributed by atoms with Gasteiger partial charge in [-0.1, -0.05) is 6.07 Å². The standard InChI is InChI=1S/C37H51FN2O9/c1-21(2)46-37(44)48-22(3)47-36(43)33-19-27-17-23(5-14-32(27)49-33)18-31(41)34-29(24-10-12-28(45-4)13-11-24)15-16-40(34)35(42)26-8-6-25(7-9-26)30(39)20-38/h5,14,17,19,21-22,24-26,28-30,34H,6-13,15-16,18,20,39H2,1-4H3/t22?,24?,25?,26?,28?,29-,30+,34-/m0/s1. The zero-order chi connectivity index (χ0) is 35.2. The number of fused-ring (bicyclic) bond motifs is 1. The molecule has 4 atom stereocenters. The Morgan fingerprint density at radius 1 is 0.939 bits per heavy atom. The summed E-state index contributed by atoms with van der Waals surface area (Å²) in [6.45, 7) is 4.74. The summed E-state index contributed by atoms with van der Waals surface area (Å²) in [7, 11) is 1.74. The van der Waals surface area contributed by atoms with E-state index in [9.17, 15) is 23.6 Å². The summed E-state index contributed by atoms with van der Waals surface area (Å²) in [5.41, 5.74) is 7.15. The van der Waals surface area contributed by atoms with Crippen LogP contribution in [0.25, 0.3) is 11.0 Å². The number of ether oxygens (including phenoxy) is 4. The molecule has 2 aliphatic carbocycles. The summed E-state index contributed by atoms with van der Waals surface area (Å²) in [5.74, 6) is -0.554. The van der Waals surface area contributed by atoms with Gasteiger partial charge in [0.05, 0.1) is 18.2 Å². The molecule has 1 saturated heterocycles. The van der Waals surface area contributed by atoms with Gasteiger partial charge in [-0.2, -0.15) is 0 Å². The number of Topliss-reactive ketones (excluding diaryl/α,β-unsaturated/α-hetero) is 1. The second-order valence-corrected chi connectivity index (χ2v) is 14.3. The van der Waals surface area contributed by atoms with Crippen LogP contribution < -0.4 is 5.73 Å². The SMILES string of the molecule is COC1CCC([C@@H]2CCN(C(=O)C3CCC([C@H](N)CF)CC3)[C@@H]2C(=O)Cc2ccc3oc(C(=O)OC(C)OC(=O)OC(C)C)cc3c2)CC1. The van der Waals surface area contributed by atoms with Crippen LogP contribution in [0.15, 0.2) is 28.7 Å². The minimum atomic E-state index is -1.20. The van der Waals surface area contributed by atoms with Gasteiger partial charge in [-0.3, -0.25) is 9.59 Å². The largest absolute Gasteiger partial charge is 0.511 e. The second-order valence-electron chi connectivity index (χ2n) is 14.3. The van der Waals surface area contributed by atoms with Crippen molar-refractivity contribution in [2.24, 2.45) is 29.4 Å². The van der Waals surface area contributed by atoms with E-state index in [4.69, 9.17) is 29.1 Å². The van der Waals surface area contributed by atoms with Gasteiger partial charge in [0.2, 0.25) is 18.0 Å². The first kappa shape index (κ1) is 36.8. The molecule has 3 fully saturated rings. The van der Waals surface area contributed by atoms with Gasteiger partial charge in [0.1, 0.15) is 12.3 Å². The van der Waals surface area contributed by atoms with Gasteiger partial charge in [-0.25, -0.2) is 14.0 Å². The highest BCUT2D eigenvalue weighted by molar-refractivity contribution is 5.95. The number of halogens is 1. The number of esters is 1. The molecule has 0 spiro atoms. The minimum Gasteiger partial charge on any atom is -0.449 e. The molecular formula is C37H51FN2O9. The Kier molecular flexibility index (Phi) is 12.4. The maximum Gasteiger partial charge on any atom is 0.511 e. The van der Waals surface area contributed by atoms with Crippen molar-refractivity contribution in [2.75, 3.05) is 20.3 Å². The summed E-state index contributed by atoms with van der Waals surface area (Å²) in [5, 5.41) is 0.613. The molecule has 270 valence electrons. The number of hydrogen-bond acceptors (Lipinski definition) is 10. The quantitative estimate of drug-likeness (QED) is 0.204. The normalized spacial score (nSPS) is 27.1. The molecule has 2 N–H and O–H groups in total. The van der Waals surface area contributed by atoms with Crippen LogP contribution >= 0.6 is 0 Å². The van der Waals surface area contributed by atoms with Gasteiger partial charge in [0.15, 0.2) is 5.78 Å². The van der Waals surface area contributed by atoms with E-state index in [1.54, 1.807) is 33.1 Å². The van der Waals surface area contributed by atoms with Crippen LogP contribution in [0.5, 0.6) is 0 Å². The number of benzene rings is 1. The van der Waals surface area contributed by atoms with Crippen LogP contribution in [0.1, 0.15) is 94.7 Å². The molecule has 1 aliphatic heterocycles.